The van der Waals surface area contributed by atoms with Gasteiger partial charge in [0.05, 0.1) is 22.1 Å². The zero-order valence-electron chi connectivity index (χ0n) is 35.5. The van der Waals surface area contributed by atoms with Gasteiger partial charge in [-0.2, -0.15) is 0 Å². The second-order valence-corrected chi connectivity index (χ2v) is 16.9. The quantitative estimate of drug-likeness (QED) is 0.156. The van der Waals surface area contributed by atoms with Crippen molar-refractivity contribution in [3.8, 4) is 33.6 Å². The summed E-state index contributed by atoms with van der Waals surface area (Å²) in [6.45, 7) is 0. The number of anilines is 3. The normalized spacial score (nSPS) is 11.7. The summed E-state index contributed by atoms with van der Waals surface area (Å²) in [6, 6.07) is 90.7. The molecule has 0 aliphatic heterocycles. The van der Waals surface area contributed by atoms with Crippen molar-refractivity contribution in [1.82, 2.24) is 9.13 Å². The first-order valence-corrected chi connectivity index (χ1v) is 22.3. The van der Waals surface area contributed by atoms with E-state index >= 15 is 0 Å². The molecular weight excluding hydrogens is 787 g/mol. The van der Waals surface area contributed by atoms with E-state index in [-0.39, 0.29) is 0 Å². The van der Waals surface area contributed by atoms with Crippen LogP contribution in [0.1, 0.15) is 0 Å². The van der Waals surface area contributed by atoms with E-state index in [1.165, 1.54) is 76.3 Å². The van der Waals surface area contributed by atoms with E-state index in [1.807, 2.05) is 0 Å². The summed E-state index contributed by atoms with van der Waals surface area (Å²) in [4.78, 5) is 2.35. The second kappa shape index (κ2) is 15.0. The van der Waals surface area contributed by atoms with Crippen LogP contribution in [0, 0.1) is 0 Å². The van der Waals surface area contributed by atoms with Crippen LogP contribution in [0.3, 0.4) is 0 Å². The lowest BCUT2D eigenvalue weighted by molar-refractivity contribution is 1.18. The van der Waals surface area contributed by atoms with Crippen LogP contribution < -0.4 is 4.90 Å². The predicted molar refractivity (Wildman–Crippen MR) is 276 cm³/mol. The number of fused-ring (bicyclic) bond motifs is 9. The lowest BCUT2D eigenvalue weighted by atomic mass is 9.95. The smallest absolute Gasteiger partial charge is 0.0619 e. The zero-order chi connectivity index (χ0) is 42.8. The largest absolute Gasteiger partial charge is 0.310 e. The van der Waals surface area contributed by atoms with Gasteiger partial charge in [-0.3, -0.25) is 0 Å². The van der Waals surface area contributed by atoms with Crippen molar-refractivity contribution in [3.05, 3.63) is 249 Å². The van der Waals surface area contributed by atoms with E-state index in [4.69, 9.17) is 0 Å². The minimum Gasteiger partial charge on any atom is -0.310 e. The Hall–Kier alpha value is -8.66. The molecule has 0 amide bonds. The summed E-state index contributed by atoms with van der Waals surface area (Å²) >= 11 is 0. The molecule has 13 aromatic rings. The van der Waals surface area contributed by atoms with Gasteiger partial charge < -0.3 is 14.0 Å². The van der Waals surface area contributed by atoms with Gasteiger partial charge in [-0.25, -0.2) is 0 Å². The van der Waals surface area contributed by atoms with Gasteiger partial charge >= 0.3 is 0 Å². The third-order valence-corrected chi connectivity index (χ3v) is 13.2. The van der Waals surface area contributed by atoms with Crippen LogP contribution in [0.25, 0.3) is 98.8 Å². The van der Waals surface area contributed by atoms with Crippen LogP contribution in [0.2, 0.25) is 0 Å². The monoisotopic (exact) mass is 827 g/mol. The topological polar surface area (TPSA) is 13.1 Å². The van der Waals surface area contributed by atoms with Crippen LogP contribution in [-0.4, -0.2) is 9.13 Å². The summed E-state index contributed by atoms with van der Waals surface area (Å²) in [5.41, 5.74) is 15.1. The van der Waals surface area contributed by atoms with Gasteiger partial charge in [0.25, 0.3) is 0 Å². The van der Waals surface area contributed by atoms with Crippen molar-refractivity contribution in [3.63, 3.8) is 0 Å². The highest BCUT2D eigenvalue weighted by Crippen LogP contribution is 2.44. The molecule has 0 N–H and O–H groups in total. The Balaban J connectivity index is 0.986. The van der Waals surface area contributed by atoms with Crippen LogP contribution in [0.5, 0.6) is 0 Å². The number of aromatic nitrogens is 2. The zero-order valence-corrected chi connectivity index (χ0v) is 35.5. The van der Waals surface area contributed by atoms with Gasteiger partial charge in [0.1, 0.15) is 0 Å². The predicted octanol–water partition coefficient (Wildman–Crippen LogP) is 17.0. The Morgan fingerprint density at radius 3 is 1.60 bits per heavy atom. The summed E-state index contributed by atoms with van der Waals surface area (Å²) in [5, 5.41) is 9.99. The molecule has 0 radical (unpaired) electrons. The fourth-order valence-electron chi connectivity index (χ4n) is 10.3. The SMILES string of the molecule is c1ccc(N(c2ccc(-c3cc(-c4ccc(-n5c6ccccc6c6c7ccccc7ccc65)cc4)c4c(c3)c3ccccc3n4-c3ccccc3)cc2)c2ccc3ccccc3c2)cc1. The van der Waals surface area contributed by atoms with E-state index in [9.17, 15) is 0 Å². The van der Waals surface area contributed by atoms with Gasteiger partial charge in [0, 0.05) is 55.5 Å². The maximum absolute atomic E-state index is 2.44. The fraction of sp³-hybridized carbons (Fsp3) is 0. The molecule has 13 rings (SSSR count). The molecule has 0 spiro atoms. The molecule has 65 heavy (non-hydrogen) atoms. The molecule has 3 nitrogen and oxygen atoms in total. The molecular formula is C62H41N3. The maximum Gasteiger partial charge on any atom is 0.0619 e. The van der Waals surface area contributed by atoms with Crippen LogP contribution in [0.15, 0.2) is 249 Å². The molecule has 0 saturated carbocycles. The highest BCUT2D eigenvalue weighted by atomic mass is 15.1. The van der Waals surface area contributed by atoms with Crippen molar-refractivity contribution in [1.29, 1.82) is 0 Å². The molecule has 304 valence electrons. The number of rotatable bonds is 7. The average Bonchev–Trinajstić information content (AvgIpc) is 3.90. The molecule has 0 aliphatic carbocycles. The van der Waals surface area contributed by atoms with E-state index in [2.05, 4.69) is 263 Å². The number of para-hydroxylation sites is 4. The number of hydrogen-bond acceptors (Lipinski definition) is 1. The third-order valence-electron chi connectivity index (χ3n) is 13.2. The van der Waals surface area contributed by atoms with Gasteiger partial charge in [-0.05, 0) is 129 Å². The van der Waals surface area contributed by atoms with Gasteiger partial charge in [-0.1, -0.05) is 158 Å². The van der Waals surface area contributed by atoms with Gasteiger partial charge in [0.15, 0.2) is 0 Å². The van der Waals surface area contributed by atoms with E-state index in [1.54, 1.807) is 0 Å². The van der Waals surface area contributed by atoms with Crippen molar-refractivity contribution in [2.75, 3.05) is 4.90 Å². The van der Waals surface area contributed by atoms with Gasteiger partial charge in [-0.15, -0.1) is 0 Å². The summed E-state index contributed by atoms with van der Waals surface area (Å²) in [5.74, 6) is 0. The van der Waals surface area contributed by atoms with Crippen LogP contribution >= 0.6 is 0 Å². The molecule has 0 atom stereocenters. The summed E-state index contributed by atoms with van der Waals surface area (Å²) in [6.07, 6.45) is 0. The highest BCUT2D eigenvalue weighted by Gasteiger charge is 2.21. The number of hydrogen-bond donors (Lipinski definition) is 0. The molecule has 2 aromatic heterocycles. The molecule has 0 aliphatic rings. The minimum atomic E-state index is 1.10. The molecule has 0 bridgehead atoms. The van der Waals surface area contributed by atoms with E-state index in [0.29, 0.717) is 0 Å². The Morgan fingerprint density at radius 2 is 0.831 bits per heavy atom. The lowest BCUT2D eigenvalue weighted by Crippen LogP contribution is -2.09. The Kier molecular flexibility index (Phi) is 8.53. The van der Waals surface area contributed by atoms with Crippen molar-refractivity contribution >= 4 is 82.2 Å². The fourth-order valence-corrected chi connectivity index (χ4v) is 10.3. The molecule has 0 fully saturated rings. The highest BCUT2D eigenvalue weighted by molar-refractivity contribution is 6.21. The standard InChI is InChI=1S/C62H41N3/c1-3-18-48(19-4-1)63(52-37-29-42-15-7-8-17-46(42)39-52)50-33-27-43(28-34-50)47-40-56(62-57(41-47)54-23-11-13-25-58(54)65(62)49-20-5-2-6-21-49)45-30-35-51(36-31-45)64-59-26-14-12-24-55(59)61-53-22-10-9-16-44(53)32-38-60(61)64/h1-41H. The maximum atomic E-state index is 2.44. The summed E-state index contributed by atoms with van der Waals surface area (Å²) < 4.78 is 4.87. The van der Waals surface area contributed by atoms with Crippen LogP contribution in [-0.2, 0) is 0 Å². The van der Waals surface area contributed by atoms with E-state index in [0.717, 1.165) is 39.6 Å². The average molecular weight is 828 g/mol. The summed E-state index contributed by atoms with van der Waals surface area (Å²) in [7, 11) is 0. The minimum absolute atomic E-state index is 1.10. The molecule has 11 aromatic carbocycles. The van der Waals surface area contributed by atoms with Crippen LogP contribution in [0.4, 0.5) is 17.1 Å². The van der Waals surface area contributed by atoms with Gasteiger partial charge in [0.2, 0.25) is 0 Å². The Labute approximate surface area is 376 Å². The first-order valence-electron chi connectivity index (χ1n) is 22.3. The Bertz CT molecular complexity index is 3920. The first kappa shape index (κ1) is 36.9. The Morgan fingerprint density at radius 1 is 0.277 bits per heavy atom. The molecule has 0 saturated heterocycles. The molecule has 0 unspecified atom stereocenters. The van der Waals surface area contributed by atoms with Crippen molar-refractivity contribution < 1.29 is 0 Å². The second-order valence-electron chi connectivity index (χ2n) is 16.9. The van der Waals surface area contributed by atoms with Crippen molar-refractivity contribution in [2.45, 2.75) is 0 Å². The number of nitrogens with zero attached hydrogens (tertiary/aromatic N) is 3. The third kappa shape index (κ3) is 6.05. The van der Waals surface area contributed by atoms with Crippen molar-refractivity contribution in [2.24, 2.45) is 0 Å². The van der Waals surface area contributed by atoms with E-state index < -0.39 is 0 Å². The number of benzene rings is 11. The molecule has 2 heterocycles. The first-order chi connectivity index (χ1) is 32.2. The lowest BCUT2D eigenvalue weighted by Gasteiger charge is -2.26. The molecule has 3 heteroatoms.